The Labute approximate surface area is 111 Å². The zero-order valence-corrected chi connectivity index (χ0v) is 11.9. The molecule has 2 rings (SSSR count). The van der Waals surface area contributed by atoms with Gasteiger partial charge in [-0.3, -0.25) is 4.90 Å². The lowest BCUT2D eigenvalue weighted by molar-refractivity contribution is 0.226. The van der Waals surface area contributed by atoms with Crippen molar-refractivity contribution in [3.8, 4) is 0 Å². The van der Waals surface area contributed by atoms with Gasteiger partial charge in [-0.2, -0.15) is 0 Å². The second-order valence-corrected chi connectivity index (χ2v) is 5.59. The molecule has 0 spiro atoms. The SMILES string of the molecule is CCNCc1ccc(CN(C)C(C)C2CC2)cc1. The van der Waals surface area contributed by atoms with Gasteiger partial charge in [0.15, 0.2) is 0 Å². The van der Waals surface area contributed by atoms with Crippen LogP contribution in [-0.2, 0) is 13.1 Å². The van der Waals surface area contributed by atoms with E-state index in [0.29, 0.717) is 0 Å². The molecule has 1 aromatic carbocycles. The third kappa shape index (κ3) is 3.82. The van der Waals surface area contributed by atoms with Crippen LogP contribution in [0, 0.1) is 5.92 Å². The Hall–Kier alpha value is -0.860. The van der Waals surface area contributed by atoms with Crippen LogP contribution in [0.15, 0.2) is 24.3 Å². The summed E-state index contributed by atoms with van der Waals surface area (Å²) in [6.07, 6.45) is 2.85. The molecule has 1 saturated carbocycles. The van der Waals surface area contributed by atoms with E-state index >= 15 is 0 Å². The molecule has 0 aliphatic heterocycles. The lowest BCUT2D eigenvalue weighted by Crippen LogP contribution is -2.30. The number of benzene rings is 1. The smallest absolute Gasteiger partial charge is 0.0233 e. The molecule has 1 atom stereocenters. The van der Waals surface area contributed by atoms with E-state index in [1.165, 1.54) is 24.0 Å². The summed E-state index contributed by atoms with van der Waals surface area (Å²) in [6.45, 7) is 7.58. The van der Waals surface area contributed by atoms with Gasteiger partial charge in [-0.15, -0.1) is 0 Å². The summed E-state index contributed by atoms with van der Waals surface area (Å²) in [6, 6.07) is 9.75. The molecule has 1 aromatic rings. The van der Waals surface area contributed by atoms with E-state index in [0.717, 1.165) is 31.6 Å². The molecule has 1 N–H and O–H groups in total. The van der Waals surface area contributed by atoms with Gasteiger partial charge in [0.1, 0.15) is 0 Å². The Kier molecular flexibility index (Phi) is 4.79. The van der Waals surface area contributed by atoms with E-state index < -0.39 is 0 Å². The maximum Gasteiger partial charge on any atom is 0.0233 e. The second kappa shape index (κ2) is 6.35. The fourth-order valence-electron chi connectivity index (χ4n) is 2.40. The third-order valence-electron chi connectivity index (χ3n) is 4.03. The van der Waals surface area contributed by atoms with Crippen molar-refractivity contribution in [3.63, 3.8) is 0 Å². The highest BCUT2D eigenvalue weighted by Gasteiger charge is 2.30. The Morgan fingerprint density at radius 3 is 2.39 bits per heavy atom. The third-order valence-corrected chi connectivity index (χ3v) is 4.03. The van der Waals surface area contributed by atoms with E-state index in [2.05, 4.69) is 55.4 Å². The van der Waals surface area contributed by atoms with Crippen molar-refractivity contribution in [2.24, 2.45) is 5.92 Å². The van der Waals surface area contributed by atoms with Crippen LogP contribution < -0.4 is 5.32 Å². The lowest BCUT2D eigenvalue weighted by Gasteiger charge is -2.24. The lowest BCUT2D eigenvalue weighted by atomic mass is 10.1. The van der Waals surface area contributed by atoms with Crippen LogP contribution in [0.4, 0.5) is 0 Å². The molecule has 0 bridgehead atoms. The van der Waals surface area contributed by atoms with Crippen molar-refractivity contribution in [1.29, 1.82) is 0 Å². The van der Waals surface area contributed by atoms with E-state index in [1.54, 1.807) is 0 Å². The van der Waals surface area contributed by atoms with E-state index in [-0.39, 0.29) is 0 Å². The number of hydrogen-bond acceptors (Lipinski definition) is 2. The molecule has 2 heteroatoms. The van der Waals surface area contributed by atoms with Gasteiger partial charge < -0.3 is 5.32 Å². The van der Waals surface area contributed by atoms with Gasteiger partial charge >= 0.3 is 0 Å². The summed E-state index contributed by atoms with van der Waals surface area (Å²) in [5.41, 5.74) is 2.80. The largest absolute Gasteiger partial charge is 0.313 e. The number of nitrogens with one attached hydrogen (secondary N) is 1. The van der Waals surface area contributed by atoms with Crippen LogP contribution in [0.1, 0.15) is 37.8 Å². The first-order chi connectivity index (χ1) is 8.70. The first-order valence-corrected chi connectivity index (χ1v) is 7.19. The average molecular weight is 246 g/mol. The van der Waals surface area contributed by atoms with Gasteiger partial charge in [-0.05, 0) is 50.4 Å². The van der Waals surface area contributed by atoms with Gasteiger partial charge in [0, 0.05) is 19.1 Å². The standard InChI is InChI=1S/C16H26N2/c1-4-17-11-14-5-7-15(8-6-14)12-18(3)13(2)16-9-10-16/h5-8,13,16-17H,4,9-12H2,1-3H3. The average Bonchev–Trinajstić information content (AvgIpc) is 3.21. The highest BCUT2D eigenvalue weighted by molar-refractivity contribution is 5.22. The number of nitrogens with zero attached hydrogens (tertiary/aromatic N) is 1. The summed E-state index contributed by atoms with van der Waals surface area (Å²) in [5.74, 6) is 0.947. The normalized spacial score (nSPS) is 17.1. The first kappa shape index (κ1) is 13.6. The number of hydrogen-bond donors (Lipinski definition) is 1. The highest BCUT2D eigenvalue weighted by atomic mass is 15.1. The molecule has 1 aliphatic rings. The van der Waals surface area contributed by atoms with Crippen molar-refractivity contribution < 1.29 is 0 Å². The predicted octanol–water partition coefficient (Wildman–Crippen LogP) is 3.03. The van der Waals surface area contributed by atoms with Crippen molar-refractivity contribution in [2.45, 2.75) is 45.8 Å². The van der Waals surface area contributed by atoms with Crippen molar-refractivity contribution in [3.05, 3.63) is 35.4 Å². The summed E-state index contributed by atoms with van der Waals surface area (Å²) in [7, 11) is 2.25. The zero-order valence-electron chi connectivity index (χ0n) is 11.9. The molecule has 18 heavy (non-hydrogen) atoms. The molecular weight excluding hydrogens is 220 g/mol. The van der Waals surface area contributed by atoms with Gasteiger partial charge in [0.25, 0.3) is 0 Å². The molecule has 100 valence electrons. The highest BCUT2D eigenvalue weighted by Crippen LogP contribution is 2.35. The van der Waals surface area contributed by atoms with Crippen molar-refractivity contribution >= 4 is 0 Å². The quantitative estimate of drug-likeness (QED) is 0.795. The molecule has 0 radical (unpaired) electrons. The summed E-state index contributed by atoms with van der Waals surface area (Å²) >= 11 is 0. The minimum atomic E-state index is 0.728. The molecule has 0 saturated heterocycles. The molecule has 1 unspecified atom stereocenters. The van der Waals surface area contributed by atoms with E-state index in [4.69, 9.17) is 0 Å². The van der Waals surface area contributed by atoms with Crippen LogP contribution in [-0.4, -0.2) is 24.5 Å². The Balaban J connectivity index is 1.85. The Bertz CT molecular complexity index is 354. The molecule has 1 fully saturated rings. The van der Waals surface area contributed by atoms with Gasteiger partial charge in [0.05, 0.1) is 0 Å². The second-order valence-electron chi connectivity index (χ2n) is 5.59. The van der Waals surface area contributed by atoms with Gasteiger partial charge in [-0.25, -0.2) is 0 Å². The van der Waals surface area contributed by atoms with Crippen LogP contribution in [0.5, 0.6) is 0 Å². The number of rotatable bonds is 7. The van der Waals surface area contributed by atoms with Crippen molar-refractivity contribution in [2.75, 3.05) is 13.6 Å². The summed E-state index contributed by atoms with van der Waals surface area (Å²) in [5, 5.41) is 3.36. The van der Waals surface area contributed by atoms with E-state index in [1.807, 2.05) is 0 Å². The van der Waals surface area contributed by atoms with Crippen LogP contribution in [0.2, 0.25) is 0 Å². The first-order valence-electron chi connectivity index (χ1n) is 7.19. The summed E-state index contributed by atoms with van der Waals surface area (Å²) in [4.78, 5) is 2.48. The monoisotopic (exact) mass is 246 g/mol. The molecule has 1 aliphatic carbocycles. The zero-order chi connectivity index (χ0) is 13.0. The fourth-order valence-corrected chi connectivity index (χ4v) is 2.40. The minimum absolute atomic E-state index is 0.728. The summed E-state index contributed by atoms with van der Waals surface area (Å²) < 4.78 is 0. The molecule has 0 amide bonds. The maximum atomic E-state index is 3.36. The predicted molar refractivity (Wildman–Crippen MR) is 77.5 cm³/mol. The minimum Gasteiger partial charge on any atom is -0.313 e. The molecule has 0 heterocycles. The van der Waals surface area contributed by atoms with E-state index in [9.17, 15) is 0 Å². The maximum absolute atomic E-state index is 3.36. The fraction of sp³-hybridized carbons (Fsp3) is 0.625. The topological polar surface area (TPSA) is 15.3 Å². The van der Waals surface area contributed by atoms with Crippen LogP contribution >= 0.6 is 0 Å². The van der Waals surface area contributed by atoms with Gasteiger partial charge in [0.2, 0.25) is 0 Å². The molecular formula is C16H26N2. The Morgan fingerprint density at radius 1 is 1.22 bits per heavy atom. The van der Waals surface area contributed by atoms with Crippen LogP contribution in [0.25, 0.3) is 0 Å². The molecule has 2 nitrogen and oxygen atoms in total. The molecule has 0 aromatic heterocycles. The Morgan fingerprint density at radius 2 is 1.83 bits per heavy atom. The van der Waals surface area contributed by atoms with Crippen LogP contribution in [0.3, 0.4) is 0 Å². The van der Waals surface area contributed by atoms with Gasteiger partial charge in [-0.1, -0.05) is 31.2 Å². The van der Waals surface area contributed by atoms with Crippen molar-refractivity contribution in [1.82, 2.24) is 10.2 Å².